The molecule has 0 saturated heterocycles. The number of benzene rings is 2. The largest absolute Gasteiger partial charge is 0.242 e. The van der Waals surface area contributed by atoms with E-state index in [9.17, 15) is 8.42 Å². The molecule has 0 aliphatic carbocycles. The molecule has 20 heavy (non-hydrogen) atoms. The minimum Gasteiger partial charge on any atom is -0.227 e. The van der Waals surface area contributed by atoms with Gasteiger partial charge in [-0.2, -0.15) is 11.3 Å². The molecule has 1 aromatic heterocycles. The normalized spacial score (nSPS) is 11.3. The fourth-order valence-corrected chi connectivity index (χ4v) is 4.32. The third-order valence-electron chi connectivity index (χ3n) is 3.01. The molecule has 0 N–H and O–H groups in total. The zero-order valence-corrected chi connectivity index (χ0v) is 11.9. The second-order valence-electron chi connectivity index (χ2n) is 4.24. The van der Waals surface area contributed by atoms with Crippen LogP contribution in [0.3, 0.4) is 0 Å². The van der Waals surface area contributed by atoms with E-state index in [0.717, 1.165) is 22.1 Å². The summed E-state index contributed by atoms with van der Waals surface area (Å²) < 4.78 is 25.0. The van der Waals surface area contributed by atoms with Gasteiger partial charge in [0.1, 0.15) is 0 Å². The lowest BCUT2D eigenvalue weighted by Gasteiger charge is -2.04. The van der Waals surface area contributed by atoms with Crippen LogP contribution in [-0.4, -0.2) is 8.42 Å². The van der Waals surface area contributed by atoms with Crippen LogP contribution in [0.4, 0.5) is 5.00 Å². The maximum atomic E-state index is 12.5. The first-order valence-corrected chi connectivity index (χ1v) is 8.17. The molecule has 0 fully saturated rings. The van der Waals surface area contributed by atoms with E-state index in [2.05, 4.69) is 4.85 Å². The molecule has 0 saturated carbocycles. The number of nitrogens with zero attached hydrogens (tertiary/aromatic N) is 1. The number of fused-ring (bicyclic) bond motifs is 1. The lowest BCUT2D eigenvalue weighted by Crippen LogP contribution is -2.00. The molecule has 3 rings (SSSR count). The van der Waals surface area contributed by atoms with Crippen LogP contribution in [0.15, 0.2) is 63.7 Å². The Morgan fingerprint density at radius 2 is 1.70 bits per heavy atom. The minimum atomic E-state index is -3.55. The van der Waals surface area contributed by atoms with E-state index in [0.29, 0.717) is 5.00 Å². The van der Waals surface area contributed by atoms with E-state index >= 15 is 0 Å². The second kappa shape index (κ2) is 4.75. The molecule has 0 atom stereocenters. The summed E-state index contributed by atoms with van der Waals surface area (Å²) in [7, 11) is -3.55. The summed E-state index contributed by atoms with van der Waals surface area (Å²) in [6.07, 6.45) is 0. The molecule has 0 aliphatic heterocycles. The Kier molecular flexibility index (Phi) is 3.05. The Balaban J connectivity index is 2.16. The molecule has 0 spiro atoms. The maximum absolute atomic E-state index is 12.5. The van der Waals surface area contributed by atoms with Crippen molar-refractivity contribution in [1.82, 2.24) is 0 Å². The predicted molar refractivity (Wildman–Crippen MR) is 80.0 cm³/mol. The highest BCUT2D eigenvalue weighted by Crippen LogP contribution is 2.31. The molecule has 1 heterocycles. The third kappa shape index (κ3) is 2.09. The minimum absolute atomic E-state index is 0.184. The number of hydrogen-bond donors (Lipinski definition) is 0. The van der Waals surface area contributed by atoms with E-state index in [4.69, 9.17) is 6.57 Å². The topological polar surface area (TPSA) is 38.5 Å². The monoisotopic (exact) mass is 299 g/mol. The van der Waals surface area contributed by atoms with Gasteiger partial charge in [0.05, 0.1) is 16.4 Å². The Morgan fingerprint density at radius 1 is 0.950 bits per heavy atom. The molecule has 2 aromatic carbocycles. The van der Waals surface area contributed by atoms with Crippen LogP contribution in [0, 0.1) is 6.57 Å². The summed E-state index contributed by atoms with van der Waals surface area (Å²) in [4.78, 5) is 3.69. The quantitative estimate of drug-likeness (QED) is 0.662. The predicted octanol–water partition coefficient (Wildman–Crippen LogP) is 4.28. The van der Waals surface area contributed by atoms with Crippen molar-refractivity contribution in [3.05, 3.63) is 65.3 Å². The van der Waals surface area contributed by atoms with E-state index in [1.54, 1.807) is 18.2 Å². The zero-order valence-electron chi connectivity index (χ0n) is 10.3. The Labute approximate surface area is 120 Å². The van der Waals surface area contributed by atoms with Crippen LogP contribution >= 0.6 is 11.3 Å². The number of sulfone groups is 1. The molecule has 5 heteroatoms. The molecular weight excluding hydrogens is 290 g/mol. The standard InChI is InChI=1S/C15H9NO2S2/c1-16-15-9-14(10-19-15)20(17,18)13-7-6-11-4-2-3-5-12(11)8-13/h2-10H. The Hall–Kier alpha value is -2.16. The Bertz CT molecular complexity index is 934. The van der Waals surface area contributed by atoms with Gasteiger partial charge in [-0.1, -0.05) is 30.3 Å². The van der Waals surface area contributed by atoms with E-state index in [1.807, 2.05) is 24.3 Å². The second-order valence-corrected chi connectivity index (χ2v) is 7.08. The van der Waals surface area contributed by atoms with Crippen LogP contribution in [0.2, 0.25) is 0 Å². The third-order valence-corrected chi connectivity index (χ3v) is 5.72. The van der Waals surface area contributed by atoms with Gasteiger partial charge in [0.2, 0.25) is 14.8 Å². The summed E-state index contributed by atoms with van der Waals surface area (Å²) in [5, 5.41) is 3.77. The number of rotatable bonds is 2. The SMILES string of the molecule is [C-]#[N+]c1cc(S(=O)(=O)c2ccc3ccccc3c2)cs1. The van der Waals surface area contributed by atoms with E-state index < -0.39 is 9.84 Å². The van der Waals surface area contributed by atoms with Crippen LogP contribution in [0.1, 0.15) is 0 Å². The first-order valence-electron chi connectivity index (χ1n) is 5.81. The van der Waals surface area contributed by atoms with Crippen molar-refractivity contribution in [1.29, 1.82) is 0 Å². The fourth-order valence-electron chi connectivity index (χ4n) is 1.98. The average Bonchev–Trinajstić information content (AvgIpc) is 2.96. The van der Waals surface area contributed by atoms with Gasteiger partial charge < -0.3 is 0 Å². The molecule has 0 amide bonds. The molecule has 0 aliphatic rings. The van der Waals surface area contributed by atoms with Crippen LogP contribution in [0.25, 0.3) is 15.6 Å². The van der Waals surface area contributed by atoms with Gasteiger partial charge in [-0.3, -0.25) is 0 Å². The molecule has 0 radical (unpaired) electrons. The van der Waals surface area contributed by atoms with Crippen molar-refractivity contribution >= 4 is 36.9 Å². The molecule has 3 aromatic rings. The lowest BCUT2D eigenvalue weighted by atomic mass is 10.1. The average molecular weight is 299 g/mol. The van der Waals surface area contributed by atoms with Crippen molar-refractivity contribution < 1.29 is 8.42 Å². The van der Waals surface area contributed by atoms with Crippen LogP contribution < -0.4 is 0 Å². The summed E-state index contributed by atoms with van der Waals surface area (Å²) in [6.45, 7) is 6.91. The van der Waals surface area contributed by atoms with Gasteiger partial charge in [-0.15, -0.1) is 0 Å². The van der Waals surface area contributed by atoms with Gasteiger partial charge in [-0.05, 0) is 34.4 Å². The van der Waals surface area contributed by atoms with Gasteiger partial charge in [0.25, 0.3) is 0 Å². The highest BCUT2D eigenvalue weighted by atomic mass is 32.2. The molecular formula is C15H9NO2S2. The highest BCUT2D eigenvalue weighted by molar-refractivity contribution is 7.91. The lowest BCUT2D eigenvalue weighted by molar-refractivity contribution is 0.596. The van der Waals surface area contributed by atoms with Crippen LogP contribution in [0.5, 0.6) is 0 Å². The first-order chi connectivity index (χ1) is 9.61. The van der Waals surface area contributed by atoms with Crippen molar-refractivity contribution in [2.45, 2.75) is 9.79 Å². The van der Waals surface area contributed by atoms with Gasteiger partial charge in [-0.25, -0.2) is 13.3 Å². The number of thiophene rings is 1. The Morgan fingerprint density at radius 3 is 2.40 bits per heavy atom. The van der Waals surface area contributed by atoms with Crippen molar-refractivity contribution in [2.24, 2.45) is 0 Å². The smallest absolute Gasteiger partial charge is 0.227 e. The van der Waals surface area contributed by atoms with Crippen LogP contribution in [-0.2, 0) is 9.84 Å². The van der Waals surface area contributed by atoms with E-state index in [-0.39, 0.29) is 9.79 Å². The van der Waals surface area contributed by atoms with Gasteiger partial charge in [0, 0.05) is 0 Å². The van der Waals surface area contributed by atoms with Crippen molar-refractivity contribution in [3.8, 4) is 0 Å². The zero-order chi connectivity index (χ0) is 14.2. The summed E-state index contributed by atoms with van der Waals surface area (Å²) in [5.41, 5.74) is 0. The summed E-state index contributed by atoms with van der Waals surface area (Å²) in [5.74, 6) is 0. The van der Waals surface area contributed by atoms with Crippen molar-refractivity contribution in [2.75, 3.05) is 0 Å². The summed E-state index contributed by atoms with van der Waals surface area (Å²) >= 11 is 1.14. The maximum Gasteiger partial charge on any atom is 0.242 e. The highest BCUT2D eigenvalue weighted by Gasteiger charge is 2.19. The van der Waals surface area contributed by atoms with Gasteiger partial charge >= 0.3 is 0 Å². The molecule has 98 valence electrons. The fraction of sp³-hybridized carbons (Fsp3) is 0. The molecule has 0 unspecified atom stereocenters. The first kappa shape index (κ1) is 12.9. The van der Waals surface area contributed by atoms with Crippen molar-refractivity contribution in [3.63, 3.8) is 0 Å². The van der Waals surface area contributed by atoms with Gasteiger partial charge in [0.15, 0.2) is 0 Å². The molecule has 3 nitrogen and oxygen atoms in total. The molecule has 0 bridgehead atoms. The van der Waals surface area contributed by atoms with E-state index in [1.165, 1.54) is 11.4 Å². The number of hydrogen-bond acceptors (Lipinski definition) is 3. The summed E-state index contributed by atoms with van der Waals surface area (Å²) in [6, 6.07) is 14.1.